The minimum absolute atomic E-state index is 0.0618. The minimum Gasteiger partial charge on any atom is -0.505 e. The van der Waals surface area contributed by atoms with Gasteiger partial charge in [0.1, 0.15) is 22.5 Å². The first-order valence-corrected chi connectivity index (χ1v) is 14.9. The number of benzene rings is 5. The Morgan fingerprint density at radius 3 is 1.56 bits per heavy atom. The molecule has 45 heavy (non-hydrogen) atoms. The van der Waals surface area contributed by atoms with Gasteiger partial charge in [0.2, 0.25) is 0 Å². The first kappa shape index (κ1) is 28.2. The molecule has 0 bridgehead atoms. The van der Waals surface area contributed by atoms with Crippen LogP contribution in [0.5, 0.6) is 5.75 Å². The van der Waals surface area contributed by atoms with Gasteiger partial charge in [-0.3, -0.25) is 9.59 Å². The number of aromatic hydroxyl groups is 1. The van der Waals surface area contributed by atoms with Crippen molar-refractivity contribution in [2.75, 3.05) is 4.90 Å². The van der Waals surface area contributed by atoms with Gasteiger partial charge in [-0.25, -0.2) is 4.90 Å². The van der Waals surface area contributed by atoms with E-state index in [1.807, 2.05) is 48.5 Å². The van der Waals surface area contributed by atoms with Gasteiger partial charge in [-0.1, -0.05) is 113 Å². The van der Waals surface area contributed by atoms with E-state index < -0.39 is 22.6 Å². The molecular formula is C38H32N4O3. The molecule has 0 aliphatic carbocycles. The van der Waals surface area contributed by atoms with Gasteiger partial charge in [-0.2, -0.15) is 0 Å². The number of carbonyl (C=O) groups excluding carboxylic acids is 2. The number of imide groups is 1. The molecule has 0 radical (unpaired) electrons. The van der Waals surface area contributed by atoms with E-state index in [2.05, 4.69) is 58.0 Å². The fraction of sp³-hybridized carbons (Fsp3) is 0.158. The van der Waals surface area contributed by atoms with Crippen molar-refractivity contribution in [1.29, 1.82) is 0 Å². The minimum atomic E-state index is -0.559. The number of phenols is 1. The lowest BCUT2D eigenvalue weighted by molar-refractivity contribution is 0.0926. The van der Waals surface area contributed by atoms with E-state index in [1.54, 1.807) is 36.4 Å². The van der Waals surface area contributed by atoms with Crippen LogP contribution in [0.15, 0.2) is 115 Å². The maximum absolute atomic E-state index is 13.4. The topological polar surface area (TPSA) is 88.3 Å². The summed E-state index contributed by atoms with van der Waals surface area (Å²) in [5.74, 6) is -0.746. The maximum atomic E-state index is 13.4. The molecule has 2 amide bonds. The van der Waals surface area contributed by atoms with Crippen LogP contribution < -0.4 is 4.90 Å². The predicted octanol–water partition coefficient (Wildman–Crippen LogP) is 7.58. The Morgan fingerprint density at radius 1 is 0.578 bits per heavy atom. The number of fused-ring (bicyclic) bond motifs is 2. The van der Waals surface area contributed by atoms with Gasteiger partial charge < -0.3 is 5.11 Å². The van der Waals surface area contributed by atoms with E-state index in [4.69, 9.17) is 10.2 Å². The van der Waals surface area contributed by atoms with Crippen LogP contribution in [0.25, 0.3) is 16.7 Å². The SMILES string of the molecule is CC(C)(c1ccccc1)c1cc(-n2nc3cc4c(cc3n2)C(=O)N(c2ccccc2)C4=O)c(O)c(C(C)(C)c2ccccc2)c1. The highest BCUT2D eigenvalue weighted by atomic mass is 16.3. The average molecular weight is 593 g/mol. The lowest BCUT2D eigenvalue weighted by Crippen LogP contribution is -2.29. The van der Waals surface area contributed by atoms with E-state index in [1.165, 1.54) is 9.70 Å². The zero-order chi connectivity index (χ0) is 31.5. The van der Waals surface area contributed by atoms with E-state index in [9.17, 15) is 14.7 Å². The third kappa shape index (κ3) is 4.51. The molecule has 1 aliphatic rings. The summed E-state index contributed by atoms with van der Waals surface area (Å²) >= 11 is 0. The standard InChI is InChI=1S/C38H32N4O3/c1-37(2,24-14-8-5-9-15-24)26-20-30(38(3,4)25-16-10-6-11-17-25)34(43)33(21-26)42-39-31-22-28-29(23-32(31)40-42)36(45)41(35(28)44)27-18-12-7-13-19-27/h5-23,43H,1-4H3. The first-order valence-electron chi connectivity index (χ1n) is 14.9. The van der Waals surface area contributed by atoms with Crippen molar-refractivity contribution in [3.05, 3.63) is 149 Å². The highest BCUT2D eigenvalue weighted by Gasteiger charge is 2.38. The summed E-state index contributed by atoms with van der Waals surface area (Å²) < 4.78 is 0. The Hall–Kier alpha value is -5.56. The van der Waals surface area contributed by atoms with Gasteiger partial charge >= 0.3 is 0 Å². The maximum Gasteiger partial charge on any atom is 0.266 e. The van der Waals surface area contributed by atoms with Crippen LogP contribution in [0.3, 0.4) is 0 Å². The lowest BCUT2D eigenvalue weighted by Gasteiger charge is -2.32. The average Bonchev–Trinajstić information content (AvgIpc) is 3.58. The Bertz CT molecular complexity index is 2050. The summed E-state index contributed by atoms with van der Waals surface area (Å²) in [6, 6.07) is 36.4. The quantitative estimate of drug-likeness (QED) is 0.202. The van der Waals surface area contributed by atoms with E-state index in [-0.39, 0.29) is 16.9 Å². The number of aromatic nitrogens is 3. The zero-order valence-electron chi connectivity index (χ0n) is 25.5. The summed E-state index contributed by atoms with van der Waals surface area (Å²) in [7, 11) is 0. The van der Waals surface area contributed by atoms with Crippen LogP contribution in [0.4, 0.5) is 5.69 Å². The number of anilines is 1. The second kappa shape index (κ2) is 10.3. The van der Waals surface area contributed by atoms with Crippen molar-refractivity contribution < 1.29 is 14.7 Å². The second-order valence-corrected chi connectivity index (χ2v) is 12.5. The number of nitrogens with zero attached hydrogens (tertiary/aromatic N) is 4. The zero-order valence-corrected chi connectivity index (χ0v) is 25.5. The summed E-state index contributed by atoms with van der Waals surface area (Å²) in [6.07, 6.45) is 0. The van der Waals surface area contributed by atoms with Gasteiger partial charge in [0.25, 0.3) is 11.8 Å². The van der Waals surface area contributed by atoms with Gasteiger partial charge in [0.05, 0.1) is 16.8 Å². The van der Waals surface area contributed by atoms with Crippen LogP contribution in [-0.2, 0) is 10.8 Å². The number of rotatable bonds is 6. The number of phenolic OH excluding ortho intramolecular Hbond substituents is 1. The molecule has 7 nitrogen and oxygen atoms in total. The smallest absolute Gasteiger partial charge is 0.266 e. The van der Waals surface area contributed by atoms with E-state index in [0.29, 0.717) is 22.4 Å². The molecule has 0 spiro atoms. The molecule has 7 rings (SSSR count). The van der Waals surface area contributed by atoms with Gasteiger partial charge in [-0.05, 0) is 47.0 Å². The van der Waals surface area contributed by atoms with Crippen molar-refractivity contribution >= 4 is 28.5 Å². The number of hydrogen-bond donors (Lipinski definition) is 1. The second-order valence-electron chi connectivity index (χ2n) is 12.5. The van der Waals surface area contributed by atoms with Crippen molar-refractivity contribution in [1.82, 2.24) is 15.0 Å². The Kier molecular flexibility index (Phi) is 6.44. The van der Waals surface area contributed by atoms with E-state index >= 15 is 0 Å². The summed E-state index contributed by atoms with van der Waals surface area (Å²) in [6.45, 7) is 8.50. The Balaban J connectivity index is 1.39. The summed E-state index contributed by atoms with van der Waals surface area (Å²) in [5, 5.41) is 21.4. The van der Waals surface area contributed by atoms with Crippen LogP contribution in [0.1, 0.15) is 70.7 Å². The number of amides is 2. The normalized spacial score (nSPS) is 13.5. The Morgan fingerprint density at radius 2 is 1.04 bits per heavy atom. The molecule has 2 heterocycles. The van der Waals surface area contributed by atoms with Crippen LogP contribution in [-0.4, -0.2) is 31.9 Å². The molecule has 1 N–H and O–H groups in total. The molecule has 1 aromatic heterocycles. The molecule has 0 saturated heterocycles. The fourth-order valence-electron chi connectivity index (χ4n) is 6.21. The molecule has 7 heteroatoms. The highest BCUT2D eigenvalue weighted by molar-refractivity contribution is 6.35. The van der Waals surface area contributed by atoms with Crippen LogP contribution >= 0.6 is 0 Å². The molecule has 1 aliphatic heterocycles. The fourth-order valence-corrected chi connectivity index (χ4v) is 6.21. The summed E-state index contributed by atoms with van der Waals surface area (Å²) in [5.41, 5.74) is 5.28. The number of carbonyl (C=O) groups is 2. The molecule has 0 unspecified atom stereocenters. The predicted molar refractivity (Wildman–Crippen MR) is 175 cm³/mol. The van der Waals surface area contributed by atoms with Crippen molar-refractivity contribution in [3.8, 4) is 11.4 Å². The first-order chi connectivity index (χ1) is 21.6. The van der Waals surface area contributed by atoms with Gasteiger partial charge in [-0.15, -0.1) is 15.0 Å². The molecule has 0 saturated carbocycles. The molecular weight excluding hydrogens is 560 g/mol. The molecule has 0 fully saturated rings. The highest BCUT2D eigenvalue weighted by Crippen LogP contribution is 2.44. The Labute approximate surface area is 261 Å². The van der Waals surface area contributed by atoms with E-state index in [0.717, 1.165) is 22.3 Å². The summed E-state index contributed by atoms with van der Waals surface area (Å²) in [4.78, 5) is 29.3. The number of hydrogen-bond acceptors (Lipinski definition) is 5. The third-order valence-corrected chi connectivity index (χ3v) is 9.09. The van der Waals surface area contributed by atoms with Crippen LogP contribution in [0, 0.1) is 0 Å². The third-order valence-electron chi connectivity index (χ3n) is 9.09. The van der Waals surface area contributed by atoms with Crippen molar-refractivity contribution in [2.45, 2.75) is 38.5 Å². The van der Waals surface area contributed by atoms with Crippen molar-refractivity contribution in [3.63, 3.8) is 0 Å². The monoisotopic (exact) mass is 592 g/mol. The van der Waals surface area contributed by atoms with Crippen molar-refractivity contribution in [2.24, 2.45) is 0 Å². The largest absolute Gasteiger partial charge is 0.505 e. The lowest BCUT2D eigenvalue weighted by atomic mass is 9.72. The number of para-hydroxylation sites is 1. The molecule has 222 valence electrons. The van der Waals surface area contributed by atoms with Gasteiger partial charge in [0.15, 0.2) is 0 Å². The molecule has 6 aromatic rings. The molecule has 0 atom stereocenters. The molecule has 5 aromatic carbocycles. The van der Waals surface area contributed by atoms with Gasteiger partial charge in [0, 0.05) is 16.4 Å². The van der Waals surface area contributed by atoms with Crippen LogP contribution in [0.2, 0.25) is 0 Å².